The molecule has 0 aliphatic carbocycles. The third kappa shape index (κ3) is 6.05. The van der Waals surface area contributed by atoms with Crippen LogP contribution in [-0.2, 0) is 19.4 Å². The summed E-state index contributed by atoms with van der Waals surface area (Å²) in [6.45, 7) is 7.12. The summed E-state index contributed by atoms with van der Waals surface area (Å²) in [5.41, 5.74) is 3.58. The molecule has 1 amide bonds. The highest BCUT2D eigenvalue weighted by atomic mass is 19.3. The van der Waals surface area contributed by atoms with Gasteiger partial charge in [0, 0.05) is 24.4 Å². The number of halogens is 3. The minimum absolute atomic E-state index is 0.0104. The summed E-state index contributed by atoms with van der Waals surface area (Å²) >= 11 is 0. The fourth-order valence-electron chi connectivity index (χ4n) is 5.38. The number of amides is 1. The molecule has 2 aromatic heterocycles. The van der Waals surface area contributed by atoms with E-state index in [0.29, 0.717) is 46.9 Å². The lowest BCUT2D eigenvalue weighted by molar-refractivity contribution is -0.0367. The van der Waals surface area contributed by atoms with Crippen LogP contribution in [0.3, 0.4) is 0 Å². The first-order valence-electron chi connectivity index (χ1n) is 13.5. The summed E-state index contributed by atoms with van der Waals surface area (Å²) < 4.78 is 46.1. The van der Waals surface area contributed by atoms with Gasteiger partial charge < -0.3 is 4.90 Å². The number of allylic oxidation sites excluding steroid dienone is 1. The number of aryl methyl sites for hydroxylation is 2. The summed E-state index contributed by atoms with van der Waals surface area (Å²) in [4.78, 5) is 43.6. The molecule has 0 saturated carbocycles. The van der Waals surface area contributed by atoms with Gasteiger partial charge in [0.2, 0.25) is 0 Å². The molecule has 4 rings (SSSR count). The van der Waals surface area contributed by atoms with Crippen molar-refractivity contribution in [3.63, 3.8) is 0 Å². The molecule has 6 nitrogen and oxygen atoms in total. The molecule has 0 radical (unpaired) electrons. The smallest absolute Gasteiger partial charge is 0.282 e. The molecule has 0 bridgehead atoms. The maximum absolute atomic E-state index is 15.8. The van der Waals surface area contributed by atoms with Crippen LogP contribution in [0.2, 0.25) is 0 Å². The number of aromatic nitrogens is 2. The maximum atomic E-state index is 15.8. The monoisotopic (exact) mass is 575 g/mol. The van der Waals surface area contributed by atoms with Gasteiger partial charge in [-0.2, -0.15) is 0 Å². The van der Waals surface area contributed by atoms with Crippen LogP contribution in [0.4, 0.5) is 13.2 Å². The van der Waals surface area contributed by atoms with Crippen LogP contribution in [0.5, 0.6) is 0 Å². The molecule has 0 unspecified atom stereocenters. The number of hydrogen-bond donors (Lipinski definition) is 0. The Morgan fingerprint density at radius 3 is 2.43 bits per heavy atom. The quantitative estimate of drug-likeness (QED) is 0.210. The second kappa shape index (κ2) is 12.1. The minimum atomic E-state index is -3.53. The molecule has 2 aromatic carbocycles. The highest BCUT2D eigenvalue weighted by Gasteiger charge is 2.35. The van der Waals surface area contributed by atoms with Crippen LogP contribution in [0.1, 0.15) is 62.4 Å². The Kier molecular flexibility index (Phi) is 8.80. The van der Waals surface area contributed by atoms with E-state index in [9.17, 15) is 18.8 Å². The van der Waals surface area contributed by atoms with Gasteiger partial charge in [0.25, 0.3) is 17.4 Å². The fraction of sp³-hybridized carbons (Fsp3) is 0.273. The summed E-state index contributed by atoms with van der Waals surface area (Å²) in [6.07, 6.45) is 2.96. The second-order valence-electron chi connectivity index (χ2n) is 10.5. The molecule has 2 heterocycles. The standard InChI is InChI=1S/C33H32F3N3O3/c1-6-26-24(15-22-11-13-25(34)14-12-22)16-37-29-21(4)28(20(2)3)32(42)39(30(26)29)19-33(35,36)18-38(5)31(41)27-10-8-7-9-23(27)17-40/h7-14,16-17H,2,6,15,18-19H2,1,3-5H3. The van der Waals surface area contributed by atoms with E-state index in [-0.39, 0.29) is 22.5 Å². The first-order valence-corrected chi connectivity index (χ1v) is 13.5. The zero-order valence-corrected chi connectivity index (χ0v) is 24.0. The highest BCUT2D eigenvalue weighted by Crippen LogP contribution is 2.30. The number of carbonyl (C=O) groups is 2. The van der Waals surface area contributed by atoms with Gasteiger partial charge in [0.1, 0.15) is 5.82 Å². The topological polar surface area (TPSA) is 72.3 Å². The van der Waals surface area contributed by atoms with Crippen LogP contribution in [-0.4, -0.2) is 46.2 Å². The van der Waals surface area contributed by atoms with Gasteiger partial charge in [0.15, 0.2) is 6.29 Å². The third-order valence-corrected chi connectivity index (χ3v) is 7.32. The molecule has 0 fully saturated rings. The molecule has 0 atom stereocenters. The van der Waals surface area contributed by atoms with E-state index in [1.54, 1.807) is 44.3 Å². The van der Waals surface area contributed by atoms with Gasteiger partial charge in [-0.15, -0.1) is 0 Å². The Hall–Kier alpha value is -4.53. The number of pyridine rings is 2. The molecule has 0 aliphatic heterocycles. The van der Waals surface area contributed by atoms with Crippen molar-refractivity contribution in [3.8, 4) is 0 Å². The SMILES string of the molecule is C=C(C)c1c(C)c2ncc(Cc3ccc(F)cc3)c(CC)c2n(CC(F)(F)CN(C)C(=O)c2ccccc2C=O)c1=O. The van der Waals surface area contributed by atoms with Crippen molar-refractivity contribution in [2.24, 2.45) is 0 Å². The predicted molar refractivity (Wildman–Crippen MR) is 158 cm³/mol. The number of hydrogen-bond acceptors (Lipinski definition) is 4. The molecule has 4 aromatic rings. The number of rotatable bonds is 10. The fourth-order valence-corrected chi connectivity index (χ4v) is 5.38. The Morgan fingerprint density at radius 2 is 1.81 bits per heavy atom. The van der Waals surface area contributed by atoms with Crippen molar-refractivity contribution in [2.45, 2.75) is 46.1 Å². The predicted octanol–water partition coefficient (Wildman–Crippen LogP) is 6.25. The zero-order valence-electron chi connectivity index (χ0n) is 24.0. The summed E-state index contributed by atoms with van der Waals surface area (Å²) in [5, 5.41) is 0. The average Bonchev–Trinajstić information content (AvgIpc) is 2.95. The molecular formula is C33H32F3N3O3. The lowest BCUT2D eigenvalue weighted by Gasteiger charge is -2.27. The second-order valence-corrected chi connectivity index (χ2v) is 10.5. The molecular weight excluding hydrogens is 543 g/mol. The van der Waals surface area contributed by atoms with E-state index in [4.69, 9.17) is 0 Å². The van der Waals surface area contributed by atoms with Crippen molar-refractivity contribution in [2.75, 3.05) is 13.6 Å². The van der Waals surface area contributed by atoms with Gasteiger partial charge in [-0.25, -0.2) is 13.2 Å². The first-order chi connectivity index (χ1) is 19.9. The minimum Gasteiger partial charge on any atom is -0.336 e. The number of benzene rings is 2. The van der Waals surface area contributed by atoms with Crippen LogP contribution in [0.15, 0.2) is 66.1 Å². The Morgan fingerprint density at radius 1 is 1.14 bits per heavy atom. The summed E-state index contributed by atoms with van der Waals surface area (Å²) in [5.74, 6) is -4.64. The number of carbonyl (C=O) groups excluding carboxylic acids is 2. The van der Waals surface area contributed by atoms with E-state index in [2.05, 4.69) is 11.6 Å². The number of fused-ring (bicyclic) bond motifs is 1. The zero-order chi connectivity index (χ0) is 30.8. The maximum Gasteiger partial charge on any atom is 0.282 e. The van der Waals surface area contributed by atoms with Crippen molar-refractivity contribution in [1.82, 2.24) is 14.5 Å². The normalized spacial score (nSPS) is 11.5. The molecule has 9 heteroatoms. The van der Waals surface area contributed by atoms with Crippen LogP contribution in [0.25, 0.3) is 16.6 Å². The molecule has 0 spiro atoms. The van der Waals surface area contributed by atoms with E-state index in [0.717, 1.165) is 20.6 Å². The lowest BCUT2D eigenvalue weighted by atomic mass is 9.95. The van der Waals surface area contributed by atoms with Crippen molar-refractivity contribution < 1.29 is 22.8 Å². The van der Waals surface area contributed by atoms with Gasteiger partial charge in [-0.05, 0) is 72.7 Å². The van der Waals surface area contributed by atoms with Gasteiger partial charge in [-0.1, -0.05) is 43.8 Å². The van der Waals surface area contributed by atoms with E-state index in [1.807, 2.05) is 6.92 Å². The highest BCUT2D eigenvalue weighted by molar-refractivity contribution is 6.01. The molecule has 0 aliphatic rings. The molecule has 0 saturated heterocycles. The number of aldehydes is 1. The number of nitrogens with zero attached hydrogens (tertiary/aromatic N) is 3. The number of alkyl halides is 2. The first kappa shape index (κ1) is 30.4. The van der Waals surface area contributed by atoms with Gasteiger partial charge >= 0.3 is 0 Å². The van der Waals surface area contributed by atoms with Gasteiger partial charge in [0.05, 0.1) is 29.7 Å². The largest absolute Gasteiger partial charge is 0.336 e. The van der Waals surface area contributed by atoms with E-state index >= 15 is 8.78 Å². The molecule has 218 valence electrons. The van der Waals surface area contributed by atoms with Crippen LogP contribution >= 0.6 is 0 Å². The third-order valence-electron chi connectivity index (χ3n) is 7.32. The Balaban J connectivity index is 1.82. The van der Waals surface area contributed by atoms with Crippen molar-refractivity contribution in [1.29, 1.82) is 0 Å². The average molecular weight is 576 g/mol. The van der Waals surface area contributed by atoms with Crippen molar-refractivity contribution in [3.05, 3.63) is 116 Å². The lowest BCUT2D eigenvalue weighted by Crippen LogP contribution is -2.43. The van der Waals surface area contributed by atoms with Gasteiger partial charge in [-0.3, -0.25) is 23.9 Å². The van der Waals surface area contributed by atoms with Crippen LogP contribution < -0.4 is 5.56 Å². The van der Waals surface area contributed by atoms with E-state index < -0.39 is 30.5 Å². The van der Waals surface area contributed by atoms with Crippen LogP contribution in [0, 0.1) is 12.7 Å². The Bertz CT molecular complexity index is 1740. The van der Waals surface area contributed by atoms with E-state index in [1.165, 1.54) is 31.3 Å². The summed E-state index contributed by atoms with van der Waals surface area (Å²) in [6, 6.07) is 11.9. The molecule has 42 heavy (non-hydrogen) atoms. The summed E-state index contributed by atoms with van der Waals surface area (Å²) in [7, 11) is 1.23. The molecule has 0 N–H and O–H groups in total. The Labute approximate surface area is 242 Å². The van der Waals surface area contributed by atoms with Crippen molar-refractivity contribution >= 4 is 28.8 Å².